The van der Waals surface area contributed by atoms with Gasteiger partial charge in [-0.15, -0.1) is 0 Å². The summed E-state index contributed by atoms with van der Waals surface area (Å²) in [6.07, 6.45) is 7.49. The lowest BCUT2D eigenvalue weighted by molar-refractivity contribution is 0.00927. The molecule has 1 amide bonds. The molecule has 4 nitrogen and oxygen atoms in total. The second-order valence-corrected chi connectivity index (χ2v) is 7.80. The summed E-state index contributed by atoms with van der Waals surface area (Å²) in [6, 6.07) is 0.814. The monoisotopic (exact) mass is 296 g/mol. The first-order valence-corrected chi connectivity index (χ1v) is 8.58. The van der Waals surface area contributed by atoms with Crippen LogP contribution in [0.25, 0.3) is 0 Å². The molecule has 0 aromatic rings. The van der Waals surface area contributed by atoms with Crippen LogP contribution in [0.3, 0.4) is 0 Å². The molecule has 1 aliphatic carbocycles. The van der Waals surface area contributed by atoms with Gasteiger partial charge in [-0.1, -0.05) is 12.8 Å². The molecular weight excluding hydrogens is 264 g/mol. The van der Waals surface area contributed by atoms with E-state index in [1.807, 2.05) is 25.7 Å². The van der Waals surface area contributed by atoms with Gasteiger partial charge in [0.05, 0.1) is 0 Å². The molecule has 0 spiro atoms. The van der Waals surface area contributed by atoms with Gasteiger partial charge in [0.1, 0.15) is 5.60 Å². The van der Waals surface area contributed by atoms with Gasteiger partial charge in [0.25, 0.3) is 0 Å². The number of amides is 1. The van der Waals surface area contributed by atoms with Crippen molar-refractivity contribution in [2.45, 2.75) is 83.9 Å². The van der Waals surface area contributed by atoms with Gasteiger partial charge in [0.15, 0.2) is 0 Å². The highest BCUT2D eigenvalue weighted by Gasteiger charge is 2.31. The van der Waals surface area contributed by atoms with E-state index in [2.05, 4.69) is 12.2 Å². The van der Waals surface area contributed by atoms with Crippen LogP contribution < -0.4 is 5.32 Å². The fourth-order valence-corrected chi connectivity index (χ4v) is 3.50. The van der Waals surface area contributed by atoms with Gasteiger partial charge in [-0.3, -0.25) is 0 Å². The van der Waals surface area contributed by atoms with Crippen molar-refractivity contribution in [1.29, 1.82) is 0 Å². The van der Waals surface area contributed by atoms with Crippen LogP contribution in [0.2, 0.25) is 0 Å². The fraction of sp³-hybridized carbons (Fsp3) is 0.941. The number of hydrogen-bond donors (Lipinski definition) is 1. The molecule has 1 heterocycles. The summed E-state index contributed by atoms with van der Waals surface area (Å²) in [6.45, 7) is 9.86. The number of piperidine rings is 1. The summed E-state index contributed by atoms with van der Waals surface area (Å²) in [5.41, 5.74) is -0.408. The average Bonchev–Trinajstić information content (AvgIpc) is 2.87. The van der Waals surface area contributed by atoms with E-state index in [0.29, 0.717) is 6.04 Å². The van der Waals surface area contributed by atoms with Crippen molar-refractivity contribution in [2.24, 2.45) is 5.92 Å². The van der Waals surface area contributed by atoms with Gasteiger partial charge in [-0.25, -0.2) is 4.79 Å². The van der Waals surface area contributed by atoms with Crippen LogP contribution in [-0.2, 0) is 4.74 Å². The first kappa shape index (κ1) is 16.6. The van der Waals surface area contributed by atoms with Crippen molar-refractivity contribution in [2.75, 3.05) is 13.1 Å². The summed E-state index contributed by atoms with van der Waals surface area (Å²) in [7, 11) is 0. The van der Waals surface area contributed by atoms with E-state index in [-0.39, 0.29) is 12.1 Å². The lowest BCUT2D eigenvalue weighted by Gasteiger charge is -2.39. The van der Waals surface area contributed by atoms with Crippen molar-refractivity contribution in [3.05, 3.63) is 0 Å². The molecule has 1 aliphatic heterocycles. The molecule has 21 heavy (non-hydrogen) atoms. The van der Waals surface area contributed by atoms with Gasteiger partial charge in [0, 0.05) is 18.6 Å². The number of rotatable bonds is 3. The van der Waals surface area contributed by atoms with Crippen molar-refractivity contribution >= 4 is 6.09 Å². The molecule has 2 aliphatic rings. The van der Waals surface area contributed by atoms with Crippen LogP contribution in [-0.4, -0.2) is 41.8 Å². The number of nitrogens with zero attached hydrogens (tertiary/aromatic N) is 1. The molecule has 1 saturated heterocycles. The summed E-state index contributed by atoms with van der Waals surface area (Å²) >= 11 is 0. The van der Waals surface area contributed by atoms with Gasteiger partial charge in [-0.05, 0) is 65.8 Å². The summed E-state index contributed by atoms with van der Waals surface area (Å²) in [5, 5.41) is 3.72. The molecule has 4 heteroatoms. The van der Waals surface area contributed by atoms with E-state index >= 15 is 0 Å². The van der Waals surface area contributed by atoms with E-state index in [0.717, 1.165) is 31.8 Å². The Bertz CT molecular complexity index is 345. The molecule has 2 fully saturated rings. The third kappa shape index (κ3) is 5.17. The summed E-state index contributed by atoms with van der Waals surface area (Å²) < 4.78 is 5.49. The maximum absolute atomic E-state index is 12.2. The third-order valence-electron chi connectivity index (χ3n) is 4.67. The fourth-order valence-electron chi connectivity index (χ4n) is 3.50. The normalized spacial score (nSPS) is 27.9. The quantitative estimate of drug-likeness (QED) is 0.866. The summed E-state index contributed by atoms with van der Waals surface area (Å²) in [5.74, 6) is 0.879. The average molecular weight is 296 g/mol. The first-order chi connectivity index (χ1) is 9.85. The second kappa shape index (κ2) is 6.99. The maximum Gasteiger partial charge on any atom is 0.410 e. The number of ether oxygens (including phenoxy) is 1. The Balaban J connectivity index is 1.74. The highest BCUT2D eigenvalue weighted by Crippen LogP contribution is 2.25. The predicted molar refractivity (Wildman–Crippen MR) is 85.4 cm³/mol. The third-order valence-corrected chi connectivity index (χ3v) is 4.67. The van der Waals surface area contributed by atoms with Crippen molar-refractivity contribution < 1.29 is 9.53 Å². The predicted octanol–water partition coefficient (Wildman–Crippen LogP) is 3.55. The minimum Gasteiger partial charge on any atom is -0.444 e. The zero-order chi connectivity index (χ0) is 15.5. The highest BCUT2D eigenvalue weighted by atomic mass is 16.6. The van der Waals surface area contributed by atoms with E-state index in [4.69, 9.17) is 4.74 Å². The van der Waals surface area contributed by atoms with Gasteiger partial charge < -0.3 is 15.0 Å². The van der Waals surface area contributed by atoms with E-state index < -0.39 is 5.60 Å². The zero-order valence-electron chi connectivity index (χ0n) is 14.2. The molecule has 0 aromatic carbocycles. The molecule has 2 unspecified atom stereocenters. The summed E-state index contributed by atoms with van der Waals surface area (Å²) in [4.78, 5) is 14.1. The largest absolute Gasteiger partial charge is 0.444 e. The topological polar surface area (TPSA) is 41.6 Å². The SMILES string of the molecule is CC1CC(NCC2CCCC2)CCN1C(=O)OC(C)(C)C. The number of hydrogen-bond acceptors (Lipinski definition) is 3. The highest BCUT2D eigenvalue weighted by molar-refractivity contribution is 5.68. The molecule has 1 N–H and O–H groups in total. The molecule has 0 aromatic heterocycles. The van der Waals surface area contributed by atoms with E-state index in [1.54, 1.807) is 0 Å². The van der Waals surface area contributed by atoms with Crippen molar-refractivity contribution in [1.82, 2.24) is 10.2 Å². The minimum atomic E-state index is -0.408. The van der Waals surface area contributed by atoms with Crippen LogP contribution in [0.1, 0.15) is 66.2 Å². The Morgan fingerprint density at radius 3 is 2.48 bits per heavy atom. The van der Waals surface area contributed by atoms with Gasteiger partial charge >= 0.3 is 6.09 Å². The van der Waals surface area contributed by atoms with Crippen molar-refractivity contribution in [3.8, 4) is 0 Å². The molecule has 0 radical (unpaired) electrons. The van der Waals surface area contributed by atoms with Gasteiger partial charge in [0.2, 0.25) is 0 Å². The first-order valence-electron chi connectivity index (χ1n) is 8.58. The Kier molecular flexibility index (Phi) is 5.53. The smallest absolute Gasteiger partial charge is 0.410 e. The second-order valence-electron chi connectivity index (χ2n) is 7.80. The molecule has 2 atom stereocenters. The van der Waals surface area contributed by atoms with Crippen LogP contribution in [0.4, 0.5) is 4.79 Å². The Hall–Kier alpha value is -0.770. The van der Waals surface area contributed by atoms with Crippen molar-refractivity contribution in [3.63, 3.8) is 0 Å². The molecule has 0 bridgehead atoms. The Morgan fingerprint density at radius 1 is 1.24 bits per heavy atom. The van der Waals surface area contributed by atoms with Crippen LogP contribution in [0.15, 0.2) is 0 Å². The molecule has 2 rings (SSSR count). The maximum atomic E-state index is 12.2. The zero-order valence-corrected chi connectivity index (χ0v) is 14.2. The van der Waals surface area contributed by atoms with Crippen LogP contribution >= 0.6 is 0 Å². The van der Waals surface area contributed by atoms with Gasteiger partial charge in [-0.2, -0.15) is 0 Å². The minimum absolute atomic E-state index is 0.163. The number of nitrogens with one attached hydrogen (secondary N) is 1. The van der Waals surface area contributed by atoms with Crippen LogP contribution in [0.5, 0.6) is 0 Å². The molecular formula is C17H32N2O2. The molecule has 122 valence electrons. The number of carbonyl (C=O) groups excluding carboxylic acids is 1. The molecule has 1 saturated carbocycles. The lowest BCUT2D eigenvalue weighted by atomic mass is 9.97. The Labute approximate surface area is 129 Å². The lowest BCUT2D eigenvalue weighted by Crippen LogP contribution is -2.51. The number of likely N-dealkylation sites (tertiary alicyclic amines) is 1. The number of carbonyl (C=O) groups is 1. The van der Waals surface area contributed by atoms with E-state index in [9.17, 15) is 4.79 Å². The van der Waals surface area contributed by atoms with E-state index in [1.165, 1.54) is 25.7 Å². The standard InChI is InChI=1S/C17H32N2O2/c1-13-11-15(18-12-14-7-5-6-8-14)9-10-19(13)16(20)21-17(2,3)4/h13-15,18H,5-12H2,1-4H3. The van der Waals surface area contributed by atoms with Crippen LogP contribution in [0, 0.1) is 5.92 Å². The Morgan fingerprint density at radius 2 is 1.90 bits per heavy atom.